The van der Waals surface area contributed by atoms with Crippen molar-refractivity contribution >= 4 is 55.2 Å². The van der Waals surface area contributed by atoms with Crippen molar-refractivity contribution in [1.29, 1.82) is 0 Å². The summed E-state index contributed by atoms with van der Waals surface area (Å²) in [5, 5.41) is 10.3. The molecule has 0 saturated carbocycles. The first-order valence-corrected chi connectivity index (χ1v) is 20.9. The molecule has 9 rings (SSSR count). The number of benzene rings is 4. The van der Waals surface area contributed by atoms with Crippen molar-refractivity contribution in [2.45, 2.75) is 37.3 Å². The summed E-state index contributed by atoms with van der Waals surface area (Å²) in [7, 11) is -2.56. The molecule has 1 unspecified atom stereocenters. The minimum Gasteiger partial charge on any atom is -0.344 e. The number of nitrogens with one attached hydrogen (secondary N) is 2. The lowest BCUT2D eigenvalue weighted by Gasteiger charge is -2.24. The summed E-state index contributed by atoms with van der Waals surface area (Å²) in [6.45, 7) is -1.08. The Labute approximate surface area is 354 Å². The molecule has 12 nitrogen and oxygen atoms in total. The summed E-state index contributed by atoms with van der Waals surface area (Å²) in [6, 6.07) is 10.7. The second-order valence-corrected chi connectivity index (χ2v) is 17.1. The van der Waals surface area contributed by atoms with Crippen molar-refractivity contribution in [3.63, 3.8) is 0 Å². The van der Waals surface area contributed by atoms with Crippen LogP contribution >= 0.6 is 11.6 Å². The second kappa shape index (κ2) is 14.8. The number of aromatic nitrogens is 6. The molecule has 22 heteroatoms. The molecule has 63 heavy (non-hydrogen) atoms. The summed E-state index contributed by atoms with van der Waals surface area (Å²) >= 11 is 6.59. The number of anilines is 1. The number of hydrogen-bond acceptors (Lipinski definition) is 7. The number of nitrogens with zero attached hydrogens (tertiary/aromatic N) is 6. The van der Waals surface area contributed by atoms with Gasteiger partial charge in [-0.25, -0.2) is 39.7 Å². The third kappa shape index (κ3) is 7.17. The van der Waals surface area contributed by atoms with Gasteiger partial charge in [-0.2, -0.15) is 19.0 Å². The van der Waals surface area contributed by atoms with Crippen LogP contribution in [0.2, 0.25) is 5.02 Å². The van der Waals surface area contributed by atoms with Crippen LogP contribution in [0.5, 0.6) is 0 Å². The highest BCUT2D eigenvalue weighted by Crippen LogP contribution is 2.63. The monoisotopic (exact) mass is 914 g/mol. The van der Waals surface area contributed by atoms with Crippen molar-refractivity contribution in [2.24, 2.45) is 7.05 Å². The van der Waals surface area contributed by atoms with Crippen molar-refractivity contribution in [3.8, 4) is 16.8 Å². The number of carbonyl (C=O) groups excluding carboxylic acids is 1. The van der Waals surface area contributed by atoms with Crippen LogP contribution in [0.1, 0.15) is 46.7 Å². The van der Waals surface area contributed by atoms with Gasteiger partial charge in [0.15, 0.2) is 17.5 Å². The smallest absolute Gasteiger partial charge is 0.311 e. The summed E-state index contributed by atoms with van der Waals surface area (Å²) in [5.74, 6) is -11.1. The Kier molecular flexibility index (Phi) is 9.77. The van der Waals surface area contributed by atoms with E-state index in [2.05, 4.69) is 20.2 Å². The molecule has 2 aliphatic rings. The molecule has 324 valence electrons. The van der Waals surface area contributed by atoms with E-state index in [1.807, 2.05) is 0 Å². The second-order valence-electron chi connectivity index (χ2n) is 15.0. The predicted molar refractivity (Wildman–Crippen MR) is 213 cm³/mol. The lowest BCUT2D eigenvalue weighted by atomic mass is 10.0. The van der Waals surface area contributed by atoms with Gasteiger partial charge >= 0.3 is 5.92 Å². The fraction of sp³-hybridized carbons (Fsp3) is 0.195. The molecule has 0 radical (unpaired) electrons. The summed E-state index contributed by atoms with van der Waals surface area (Å²) < 4.78 is 148. The van der Waals surface area contributed by atoms with Gasteiger partial charge in [-0.15, -0.1) is 0 Å². The Morgan fingerprint density at radius 3 is 2.41 bits per heavy atom. The molecule has 3 aromatic heterocycles. The number of fused-ring (bicyclic) bond motifs is 5. The van der Waals surface area contributed by atoms with Crippen LogP contribution in [-0.2, 0) is 40.8 Å². The first-order valence-electron chi connectivity index (χ1n) is 18.6. The van der Waals surface area contributed by atoms with E-state index >= 15 is 13.2 Å². The Bertz CT molecular complexity index is 3310. The summed E-state index contributed by atoms with van der Waals surface area (Å²) in [4.78, 5) is 33.8. The van der Waals surface area contributed by atoms with Crippen molar-refractivity contribution in [1.82, 2.24) is 34.4 Å². The van der Waals surface area contributed by atoms with E-state index in [0.717, 1.165) is 35.1 Å². The zero-order valence-corrected chi connectivity index (χ0v) is 33.8. The highest BCUT2D eigenvalue weighted by molar-refractivity contribution is 7.92. The summed E-state index contributed by atoms with van der Waals surface area (Å²) in [5.41, 5.74) is -4.07. The highest BCUT2D eigenvalue weighted by Gasteiger charge is 2.60. The number of halogens is 9. The quantitative estimate of drug-likeness (QED) is 0.0993. The Balaban J connectivity index is 1.27. The average Bonchev–Trinajstić information content (AvgIpc) is 3.74. The van der Waals surface area contributed by atoms with Gasteiger partial charge in [0.1, 0.15) is 35.4 Å². The molecule has 0 aliphatic heterocycles. The van der Waals surface area contributed by atoms with E-state index in [1.54, 1.807) is 0 Å². The van der Waals surface area contributed by atoms with Gasteiger partial charge in [0.05, 0.1) is 44.8 Å². The molecule has 0 spiro atoms. The van der Waals surface area contributed by atoms with Gasteiger partial charge in [-0.1, -0.05) is 35.9 Å². The van der Waals surface area contributed by atoms with Gasteiger partial charge in [0, 0.05) is 42.2 Å². The van der Waals surface area contributed by atoms with Crippen LogP contribution in [0.15, 0.2) is 83.2 Å². The van der Waals surface area contributed by atoms with E-state index in [0.29, 0.717) is 10.7 Å². The maximum absolute atomic E-state index is 15.4. The zero-order chi connectivity index (χ0) is 45.0. The van der Waals surface area contributed by atoms with Gasteiger partial charge in [-0.3, -0.25) is 28.2 Å². The molecule has 3 heterocycles. The number of allylic oxidation sites excluding steroid dienone is 2. The average molecular weight is 915 g/mol. The largest absolute Gasteiger partial charge is 0.344 e. The number of amides is 1. The fourth-order valence-corrected chi connectivity index (χ4v) is 8.85. The molecule has 2 N–H and O–H groups in total. The normalized spacial score (nSPS) is 15.7. The van der Waals surface area contributed by atoms with Crippen LogP contribution in [0.3, 0.4) is 0 Å². The van der Waals surface area contributed by atoms with Crippen LogP contribution in [0.4, 0.5) is 40.9 Å². The van der Waals surface area contributed by atoms with Crippen molar-refractivity contribution in [2.75, 3.05) is 11.0 Å². The first kappa shape index (κ1) is 41.7. The molecule has 7 aromatic rings. The Morgan fingerprint density at radius 1 is 0.984 bits per heavy atom. The molecule has 0 fully saturated rings. The van der Waals surface area contributed by atoms with Crippen LogP contribution in [0.25, 0.3) is 38.6 Å². The minimum absolute atomic E-state index is 0.00113. The minimum atomic E-state index is -3.96. The van der Waals surface area contributed by atoms with E-state index in [1.165, 1.54) is 54.2 Å². The van der Waals surface area contributed by atoms with Crippen molar-refractivity contribution < 1.29 is 48.3 Å². The zero-order valence-electron chi connectivity index (χ0n) is 32.2. The van der Waals surface area contributed by atoms with E-state index in [4.69, 9.17) is 16.6 Å². The lowest BCUT2D eigenvalue weighted by Crippen LogP contribution is -2.38. The fourth-order valence-electron chi connectivity index (χ4n) is 8.11. The van der Waals surface area contributed by atoms with Crippen molar-refractivity contribution in [3.05, 3.63) is 145 Å². The number of alkyl halides is 4. The molecule has 2 aliphatic carbocycles. The molecule has 0 bridgehead atoms. The van der Waals surface area contributed by atoms with Gasteiger partial charge in [0.25, 0.3) is 12.0 Å². The molecule has 1 amide bonds. The van der Waals surface area contributed by atoms with Gasteiger partial charge in [0.2, 0.25) is 15.9 Å². The maximum Gasteiger partial charge on any atom is 0.311 e. The highest BCUT2D eigenvalue weighted by atomic mass is 35.5. The van der Waals surface area contributed by atoms with Crippen LogP contribution < -0.4 is 15.6 Å². The number of aryl methyl sites for hydroxylation is 1. The third-order valence-corrected chi connectivity index (χ3v) is 11.5. The molecular formula is C41H27ClF8N8O4S. The van der Waals surface area contributed by atoms with Crippen LogP contribution in [-0.4, -0.2) is 49.7 Å². The van der Waals surface area contributed by atoms with E-state index < -0.39 is 110 Å². The molecule has 4 aromatic carbocycles. The van der Waals surface area contributed by atoms with E-state index in [-0.39, 0.29) is 55.0 Å². The Hall–Kier alpha value is -6.61. The third-order valence-electron chi connectivity index (χ3n) is 10.7. The number of sulfonamides is 1. The SMILES string of the molecule is Cn1nc(NS(C)(=O)=O)c2c(Cl)ccc(-n3c([C@H](Cc4cc(F)cc(F)c4)NC(=O)Cn4nc(C(F)F)c5c4C(F)(F)C4=CC45)nc4cc(-c5cccc(F)c5F)ccc4c3=O)c21. The molecule has 0 saturated heterocycles. The summed E-state index contributed by atoms with van der Waals surface area (Å²) in [6.07, 6.45) is -1.87. The lowest BCUT2D eigenvalue weighted by molar-refractivity contribution is -0.122. The van der Waals surface area contributed by atoms with E-state index in [9.17, 15) is 40.0 Å². The first-order chi connectivity index (χ1) is 29.7. The number of rotatable bonds is 11. The predicted octanol–water partition coefficient (Wildman–Crippen LogP) is 7.88. The van der Waals surface area contributed by atoms with Gasteiger partial charge < -0.3 is 5.32 Å². The Morgan fingerprint density at radius 2 is 1.71 bits per heavy atom. The topological polar surface area (TPSA) is 146 Å². The number of carbonyl (C=O) groups is 1. The molecule has 2 atom stereocenters. The number of hydrogen-bond donors (Lipinski definition) is 2. The van der Waals surface area contributed by atoms with Crippen LogP contribution in [0, 0.1) is 23.3 Å². The standard InChI is InChI=1S/C41H27ClF8N8O4S/c1-56-35-29(9-8-25(42)32(35)38(54-56)55-63(2,61)62)58-39(52-27-13-18(6-7-22(27)40(58)60)21-4-3-5-26(45)33(21)46)28(12-17-10-19(43)14-20(44)11-17)51-30(59)16-57-36-31(34(53-57)37(47)48)23-15-24(23)41(36,49)50/h3-11,13-15,23,28,37H,12,16H2,1-2H3,(H,51,59)(H,54,55)/t23?,28-/m0/s1. The maximum atomic E-state index is 15.4. The molecular weight excluding hydrogens is 888 g/mol. The van der Waals surface area contributed by atoms with Gasteiger partial charge in [-0.05, 0) is 53.6 Å².